The molecule has 1 saturated heterocycles. The Kier molecular flexibility index (Phi) is 12.2. The summed E-state index contributed by atoms with van der Waals surface area (Å²) in [5, 5.41) is 0.607. The van der Waals surface area contributed by atoms with E-state index < -0.39 is 10.0 Å². The normalized spacial score (nSPS) is 14.5. The van der Waals surface area contributed by atoms with Crippen molar-refractivity contribution in [2.75, 3.05) is 45.6 Å². The van der Waals surface area contributed by atoms with E-state index in [-0.39, 0.29) is 43.3 Å². The van der Waals surface area contributed by atoms with Gasteiger partial charge in [0.25, 0.3) is 0 Å². The van der Waals surface area contributed by atoms with Crippen molar-refractivity contribution in [2.45, 2.75) is 51.6 Å². The SMILES string of the molecule is CCCS(=O)(=O)N(CCOC)CC(=O)N(Cc1ccc(Cl)cc1)C1CCN(C(=O)CCc2ccccc2)CC1. The number of benzene rings is 2. The first kappa shape index (κ1) is 31.1. The molecule has 2 aromatic carbocycles. The van der Waals surface area contributed by atoms with Crippen molar-refractivity contribution < 1.29 is 22.7 Å². The van der Waals surface area contributed by atoms with Crippen molar-refractivity contribution in [3.05, 3.63) is 70.7 Å². The van der Waals surface area contributed by atoms with Gasteiger partial charge in [-0.3, -0.25) is 9.59 Å². The van der Waals surface area contributed by atoms with E-state index in [1.165, 1.54) is 11.4 Å². The third-order valence-electron chi connectivity index (χ3n) is 7.03. The van der Waals surface area contributed by atoms with E-state index in [0.717, 1.165) is 11.1 Å². The summed E-state index contributed by atoms with van der Waals surface area (Å²) >= 11 is 6.06. The van der Waals surface area contributed by atoms with Gasteiger partial charge in [0.05, 0.1) is 18.9 Å². The molecule has 0 aliphatic carbocycles. The summed E-state index contributed by atoms with van der Waals surface area (Å²) in [5.74, 6) is -0.163. The number of carbonyl (C=O) groups is 2. The molecule has 1 aliphatic heterocycles. The molecule has 2 amide bonds. The smallest absolute Gasteiger partial charge is 0.238 e. The Bertz CT molecular complexity index is 1150. The van der Waals surface area contributed by atoms with Gasteiger partial charge in [-0.1, -0.05) is 61.0 Å². The summed E-state index contributed by atoms with van der Waals surface area (Å²) in [5.41, 5.74) is 2.05. The number of rotatable bonds is 14. The number of piperidine rings is 1. The van der Waals surface area contributed by atoms with Crippen LogP contribution < -0.4 is 0 Å². The number of halogens is 1. The van der Waals surface area contributed by atoms with Gasteiger partial charge in [0.1, 0.15) is 0 Å². The number of methoxy groups -OCH3 is 1. The number of sulfonamides is 1. The highest BCUT2D eigenvalue weighted by atomic mass is 35.5. The van der Waals surface area contributed by atoms with E-state index in [0.29, 0.717) is 56.8 Å². The van der Waals surface area contributed by atoms with Gasteiger partial charge in [-0.15, -0.1) is 0 Å². The zero-order chi connectivity index (χ0) is 28.3. The van der Waals surface area contributed by atoms with Crippen molar-refractivity contribution in [3.8, 4) is 0 Å². The lowest BCUT2D eigenvalue weighted by Crippen LogP contribution is -2.51. The topological polar surface area (TPSA) is 87.2 Å². The summed E-state index contributed by atoms with van der Waals surface area (Å²) in [4.78, 5) is 30.2. The molecule has 1 fully saturated rings. The molecular weight excluding hydrogens is 538 g/mol. The number of amides is 2. The zero-order valence-electron chi connectivity index (χ0n) is 22.9. The predicted octanol–water partition coefficient (Wildman–Crippen LogP) is 3.98. The predicted molar refractivity (Wildman–Crippen MR) is 154 cm³/mol. The molecule has 10 heteroatoms. The lowest BCUT2D eigenvalue weighted by molar-refractivity contribution is -0.137. The second-order valence-electron chi connectivity index (χ2n) is 9.89. The van der Waals surface area contributed by atoms with Crippen LogP contribution in [0, 0.1) is 0 Å². The van der Waals surface area contributed by atoms with Crippen molar-refractivity contribution in [1.29, 1.82) is 0 Å². The molecular formula is C29H40ClN3O5S. The van der Waals surface area contributed by atoms with Crippen LogP contribution in [0.2, 0.25) is 5.02 Å². The van der Waals surface area contributed by atoms with Crippen LogP contribution in [-0.4, -0.2) is 86.0 Å². The highest BCUT2D eigenvalue weighted by Crippen LogP contribution is 2.22. The average Bonchev–Trinajstić information content (AvgIpc) is 2.94. The number of aryl methyl sites for hydroxylation is 1. The maximum Gasteiger partial charge on any atom is 0.238 e. The Morgan fingerprint density at radius 3 is 2.31 bits per heavy atom. The van der Waals surface area contributed by atoms with Crippen molar-refractivity contribution >= 4 is 33.4 Å². The second kappa shape index (κ2) is 15.4. The van der Waals surface area contributed by atoms with Gasteiger partial charge in [-0.05, 0) is 48.9 Å². The second-order valence-corrected chi connectivity index (χ2v) is 12.4. The van der Waals surface area contributed by atoms with Crippen LogP contribution in [-0.2, 0) is 37.3 Å². The number of likely N-dealkylation sites (tertiary alicyclic amines) is 1. The van der Waals surface area contributed by atoms with E-state index in [1.807, 2.05) is 47.4 Å². The highest BCUT2D eigenvalue weighted by molar-refractivity contribution is 7.89. The standard InChI is InChI=1S/C29H40ClN3O5S/c1-3-21-39(36,37)32(19-20-38-2)23-29(35)33(22-25-9-12-26(30)13-10-25)27-15-17-31(18-16-27)28(34)14-11-24-7-5-4-6-8-24/h4-10,12-13,27H,3,11,14-23H2,1-2H3. The maximum atomic E-state index is 13.7. The molecule has 0 atom stereocenters. The molecule has 0 radical (unpaired) electrons. The summed E-state index contributed by atoms with van der Waals surface area (Å²) in [6.45, 7) is 3.35. The van der Waals surface area contributed by atoms with Gasteiger partial charge in [0.2, 0.25) is 21.8 Å². The highest BCUT2D eigenvalue weighted by Gasteiger charge is 2.32. The molecule has 0 unspecified atom stereocenters. The minimum Gasteiger partial charge on any atom is -0.383 e. The van der Waals surface area contributed by atoms with E-state index >= 15 is 0 Å². The van der Waals surface area contributed by atoms with Gasteiger partial charge in [-0.2, -0.15) is 4.31 Å². The molecule has 39 heavy (non-hydrogen) atoms. The zero-order valence-corrected chi connectivity index (χ0v) is 24.5. The van der Waals surface area contributed by atoms with Gasteiger partial charge in [0.15, 0.2) is 0 Å². The van der Waals surface area contributed by atoms with Crippen molar-refractivity contribution in [1.82, 2.24) is 14.1 Å². The van der Waals surface area contributed by atoms with Crippen LogP contribution in [0.25, 0.3) is 0 Å². The number of nitrogens with zero attached hydrogens (tertiary/aromatic N) is 3. The first-order valence-electron chi connectivity index (χ1n) is 13.6. The maximum absolute atomic E-state index is 13.7. The number of carbonyl (C=O) groups excluding carboxylic acids is 2. The fourth-order valence-corrected chi connectivity index (χ4v) is 6.39. The first-order chi connectivity index (χ1) is 18.7. The average molecular weight is 578 g/mol. The molecule has 0 N–H and O–H groups in total. The van der Waals surface area contributed by atoms with Gasteiger partial charge < -0.3 is 14.5 Å². The van der Waals surface area contributed by atoms with Gasteiger partial charge in [-0.25, -0.2) is 8.42 Å². The molecule has 1 aliphatic rings. The van der Waals surface area contributed by atoms with E-state index in [1.54, 1.807) is 24.0 Å². The van der Waals surface area contributed by atoms with Crippen LogP contribution in [0.15, 0.2) is 54.6 Å². The molecule has 8 nitrogen and oxygen atoms in total. The lowest BCUT2D eigenvalue weighted by Gasteiger charge is -2.39. The summed E-state index contributed by atoms with van der Waals surface area (Å²) < 4.78 is 32.1. The minimum absolute atomic E-state index is 0.0232. The molecule has 0 bridgehead atoms. The summed E-state index contributed by atoms with van der Waals surface area (Å²) in [6.07, 6.45) is 2.88. The van der Waals surface area contributed by atoms with Crippen LogP contribution in [0.3, 0.4) is 0 Å². The van der Waals surface area contributed by atoms with Crippen LogP contribution in [0.1, 0.15) is 43.7 Å². The fourth-order valence-electron chi connectivity index (χ4n) is 4.83. The van der Waals surface area contributed by atoms with Crippen molar-refractivity contribution in [3.63, 3.8) is 0 Å². The number of ether oxygens (including phenoxy) is 1. The molecule has 0 saturated carbocycles. The Morgan fingerprint density at radius 2 is 1.69 bits per heavy atom. The molecule has 0 aromatic heterocycles. The Labute approximate surface area is 237 Å². The van der Waals surface area contributed by atoms with Gasteiger partial charge in [0, 0.05) is 50.8 Å². The van der Waals surface area contributed by atoms with Gasteiger partial charge >= 0.3 is 0 Å². The Morgan fingerprint density at radius 1 is 1.03 bits per heavy atom. The Hall–Kier alpha value is -2.46. The number of hydrogen-bond donors (Lipinski definition) is 0. The summed E-state index contributed by atoms with van der Waals surface area (Å²) in [7, 11) is -2.09. The monoisotopic (exact) mass is 577 g/mol. The van der Waals surface area contributed by atoms with E-state index in [9.17, 15) is 18.0 Å². The lowest BCUT2D eigenvalue weighted by atomic mass is 10.0. The molecule has 1 heterocycles. The molecule has 214 valence electrons. The van der Waals surface area contributed by atoms with Crippen molar-refractivity contribution in [2.24, 2.45) is 0 Å². The molecule has 0 spiro atoms. The van der Waals surface area contributed by atoms with Crippen LogP contribution in [0.4, 0.5) is 0 Å². The minimum atomic E-state index is -3.60. The largest absolute Gasteiger partial charge is 0.383 e. The molecule has 3 rings (SSSR count). The third-order valence-corrected chi connectivity index (χ3v) is 9.30. The molecule has 2 aromatic rings. The van der Waals surface area contributed by atoms with Crippen LogP contribution in [0.5, 0.6) is 0 Å². The first-order valence-corrected chi connectivity index (χ1v) is 15.5. The Balaban J connectivity index is 1.69. The third kappa shape index (κ3) is 9.60. The number of hydrogen-bond acceptors (Lipinski definition) is 5. The van der Waals surface area contributed by atoms with E-state index in [4.69, 9.17) is 16.3 Å². The quantitative estimate of drug-likeness (QED) is 0.339. The van der Waals surface area contributed by atoms with Crippen LogP contribution >= 0.6 is 11.6 Å². The van der Waals surface area contributed by atoms with E-state index in [2.05, 4.69) is 0 Å². The fraction of sp³-hybridized carbons (Fsp3) is 0.517. The summed E-state index contributed by atoms with van der Waals surface area (Å²) in [6, 6.07) is 17.2.